The fourth-order valence-electron chi connectivity index (χ4n) is 9.18. The maximum atomic E-state index is 2.44. The number of hydrogen-bond acceptors (Lipinski definition) is 2. The molecule has 0 unspecified atom stereocenters. The number of nitrogens with zero attached hydrogens (tertiary/aromatic N) is 2. The first-order chi connectivity index (χ1) is 30.2. The van der Waals surface area contributed by atoms with E-state index in [2.05, 4.69) is 245 Å². The van der Waals surface area contributed by atoms with Crippen molar-refractivity contribution in [3.63, 3.8) is 0 Å². The Bertz CT molecular complexity index is 2760. The molecule has 9 aromatic rings. The van der Waals surface area contributed by atoms with Crippen molar-refractivity contribution < 1.29 is 0 Å². The van der Waals surface area contributed by atoms with Crippen molar-refractivity contribution in [2.75, 3.05) is 9.80 Å². The monoisotopic (exact) mass is 804 g/mol. The van der Waals surface area contributed by atoms with Crippen molar-refractivity contribution in [1.29, 1.82) is 0 Å². The Labute approximate surface area is 368 Å². The molecule has 2 heteroatoms. The second-order valence-corrected chi connectivity index (χ2v) is 17.8. The molecule has 9 rings (SSSR count). The maximum absolute atomic E-state index is 2.44. The van der Waals surface area contributed by atoms with Crippen LogP contribution in [0.25, 0.3) is 43.8 Å². The van der Waals surface area contributed by atoms with Crippen molar-refractivity contribution in [2.45, 2.75) is 54.4 Å². The molecule has 0 radical (unpaired) electrons. The summed E-state index contributed by atoms with van der Waals surface area (Å²) in [4.78, 5) is 4.86. The summed E-state index contributed by atoms with van der Waals surface area (Å²) in [6, 6.07) is 72.3. The summed E-state index contributed by atoms with van der Waals surface area (Å²) in [6.45, 7) is 13.5. The summed E-state index contributed by atoms with van der Waals surface area (Å²) in [7, 11) is 0. The number of benzene rings is 9. The van der Waals surface area contributed by atoms with Crippen molar-refractivity contribution in [3.05, 3.63) is 216 Å². The molecule has 0 aliphatic carbocycles. The standard InChI is InChI=1S/C60H56N2/c1-41(2)35-45-15-13-21-51(37-45)61(49-27-23-43(5)24-28-49)53-31-33-55-57(39-53)59(47-17-9-7-10-18-47)56-34-32-54(40-58(56)60(55)48-19-11-8-12-20-48)62(50-29-25-44(6)26-30-50)52-22-14-16-46(38-52)36-42(3)4/h7-34,37-42H,35-36H2,1-6H3. The Morgan fingerprint density at radius 1 is 0.323 bits per heavy atom. The Morgan fingerprint density at radius 2 is 0.677 bits per heavy atom. The number of fused-ring (bicyclic) bond motifs is 2. The van der Waals surface area contributed by atoms with Crippen LogP contribution in [-0.4, -0.2) is 0 Å². The summed E-state index contributed by atoms with van der Waals surface area (Å²) in [5.41, 5.74) is 16.9. The quantitative estimate of drug-likeness (QED) is 0.114. The second-order valence-electron chi connectivity index (χ2n) is 17.8. The minimum atomic E-state index is 0.566. The average molecular weight is 805 g/mol. The van der Waals surface area contributed by atoms with Crippen molar-refractivity contribution in [2.24, 2.45) is 11.8 Å². The summed E-state index contributed by atoms with van der Waals surface area (Å²) in [5.74, 6) is 1.13. The third kappa shape index (κ3) is 8.39. The van der Waals surface area contributed by atoms with Gasteiger partial charge in [-0.15, -0.1) is 0 Å². The lowest BCUT2D eigenvalue weighted by Gasteiger charge is -2.28. The van der Waals surface area contributed by atoms with Crippen LogP contribution < -0.4 is 9.80 Å². The molecule has 9 aromatic carbocycles. The van der Waals surface area contributed by atoms with E-state index in [0.29, 0.717) is 11.8 Å². The van der Waals surface area contributed by atoms with Crippen LogP contribution in [0.4, 0.5) is 34.1 Å². The minimum absolute atomic E-state index is 0.566. The Morgan fingerprint density at radius 3 is 1.05 bits per heavy atom. The van der Waals surface area contributed by atoms with Gasteiger partial charge in [-0.25, -0.2) is 0 Å². The Hall–Kier alpha value is -6.90. The van der Waals surface area contributed by atoms with E-state index in [-0.39, 0.29) is 0 Å². The van der Waals surface area contributed by atoms with Crippen LogP contribution in [0.2, 0.25) is 0 Å². The molecule has 0 aromatic heterocycles. The zero-order chi connectivity index (χ0) is 42.7. The van der Waals surface area contributed by atoms with E-state index in [0.717, 1.165) is 47.0 Å². The van der Waals surface area contributed by atoms with Gasteiger partial charge in [0.05, 0.1) is 0 Å². The van der Waals surface area contributed by atoms with Gasteiger partial charge in [0.2, 0.25) is 0 Å². The third-order valence-electron chi connectivity index (χ3n) is 11.9. The van der Waals surface area contributed by atoms with E-state index in [1.54, 1.807) is 0 Å². The minimum Gasteiger partial charge on any atom is -0.310 e. The Kier molecular flexibility index (Phi) is 11.5. The van der Waals surface area contributed by atoms with Gasteiger partial charge in [-0.3, -0.25) is 0 Å². The van der Waals surface area contributed by atoms with E-state index < -0.39 is 0 Å². The smallest absolute Gasteiger partial charge is 0.0468 e. The number of hydrogen-bond donors (Lipinski definition) is 0. The molecule has 0 saturated carbocycles. The van der Waals surface area contributed by atoms with Gasteiger partial charge in [0.15, 0.2) is 0 Å². The molecule has 0 saturated heterocycles. The first kappa shape index (κ1) is 40.5. The summed E-state index contributed by atoms with van der Waals surface area (Å²) in [5, 5.41) is 4.89. The van der Waals surface area contributed by atoms with Crippen LogP contribution >= 0.6 is 0 Å². The van der Waals surface area contributed by atoms with E-state index in [1.807, 2.05) is 0 Å². The predicted octanol–water partition coefficient (Wildman–Crippen LogP) is 17.3. The first-order valence-electron chi connectivity index (χ1n) is 22.3. The molecule has 0 aliphatic rings. The van der Waals surface area contributed by atoms with E-state index >= 15 is 0 Å². The van der Waals surface area contributed by atoms with Gasteiger partial charge in [0.1, 0.15) is 0 Å². The highest BCUT2D eigenvalue weighted by molar-refractivity contribution is 6.22. The molecule has 306 valence electrons. The fourth-order valence-corrected chi connectivity index (χ4v) is 9.18. The van der Waals surface area contributed by atoms with E-state index in [1.165, 1.54) is 66.1 Å². The number of anilines is 6. The normalized spacial score (nSPS) is 11.5. The molecule has 0 atom stereocenters. The molecule has 0 spiro atoms. The van der Waals surface area contributed by atoms with Gasteiger partial charge in [0.25, 0.3) is 0 Å². The molecular formula is C60H56N2. The highest BCUT2D eigenvalue weighted by Crippen LogP contribution is 2.48. The highest BCUT2D eigenvalue weighted by Gasteiger charge is 2.22. The van der Waals surface area contributed by atoms with Gasteiger partial charge in [0, 0.05) is 34.1 Å². The first-order valence-corrected chi connectivity index (χ1v) is 22.3. The zero-order valence-electron chi connectivity index (χ0n) is 36.9. The number of aryl methyl sites for hydroxylation is 2. The number of rotatable bonds is 12. The lowest BCUT2D eigenvalue weighted by atomic mass is 9.85. The lowest BCUT2D eigenvalue weighted by molar-refractivity contribution is 0.647. The van der Waals surface area contributed by atoms with Gasteiger partial charge in [-0.2, -0.15) is 0 Å². The Balaban J connectivity index is 1.33. The van der Waals surface area contributed by atoms with Crippen LogP contribution in [0, 0.1) is 25.7 Å². The summed E-state index contributed by atoms with van der Waals surface area (Å²) in [6.07, 6.45) is 2.06. The zero-order valence-corrected chi connectivity index (χ0v) is 36.9. The molecule has 62 heavy (non-hydrogen) atoms. The van der Waals surface area contributed by atoms with Crippen molar-refractivity contribution in [1.82, 2.24) is 0 Å². The molecular weight excluding hydrogens is 749 g/mol. The van der Waals surface area contributed by atoms with Gasteiger partial charge >= 0.3 is 0 Å². The molecule has 0 amide bonds. The van der Waals surface area contributed by atoms with E-state index in [4.69, 9.17) is 0 Å². The predicted molar refractivity (Wildman–Crippen MR) is 268 cm³/mol. The van der Waals surface area contributed by atoms with Crippen LogP contribution in [0.15, 0.2) is 194 Å². The second kappa shape index (κ2) is 17.6. The topological polar surface area (TPSA) is 6.48 Å². The van der Waals surface area contributed by atoms with Gasteiger partial charge in [-0.05, 0) is 166 Å². The van der Waals surface area contributed by atoms with Crippen molar-refractivity contribution in [3.8, 4) is 22.3 Å². The summed E-state index contributed by atoms with van der Waals surface area (Å²) >= 11 is 0. The SMILES string of the molecule is Cc1ccc(N(c2cccc(CC(C)C)c2)c2ccc3c(-c4ccccc4)c4cc(N(c5ccc(C)cc5)c5cccc(CC(C)C)c5)ccc4c(-c4ccccc4)c3c2)cc1. The van der Waals surface area contributed by atoms with Crippen LogP contribution in [0.3, 0.4) is 0 Å². The molecule has 0 bridgehead atoms. The lowest BCUT2D eigenvalue weighted by Crippen LogP contribution is -2.11. The molecule has 2 nitrogen and oxygen atoms in total. The fraction of sp³-hybridized carbons (Fsp3) is 0.167. The maximum Gasteiger partial charge on any atom is 0.0468 e. The van der Waals surface area contributed by atoms with Crippen LogP contribution in [0.5, 0.6) is 0 Å². The van der Waals surface area contributed by atoms with Crippen LogP contribution in [0.1, 0.15) is 49.9 Å². The van der Waals surface area contributed by atoms with Crippen molar-refractivity contribution >= 4 is 55.7 Å². The molecule has 0 heterocycles. The van der Waals surface area contributed by atoms with E-state index in [9.17, 15) is 0 Å². The van der Waals surface area contributed by atoms with Gasteiger partial charge < -0.3 is 9.80 Å². The average Bonchev–Trinajstić information content (AvgIpc) is 3.27. The van der Waals surface area contributed by atoms with Gasteiger partial charge in [-0.1, -0.05) is 160 Å². The highest BCUT2D eigenvalue weighted by atomic mass is 15.1. The molecule has 0 fully saturated rings. The largest absolute Gasteiger partial charge is 0.310 e. The molecule has 0 aliphatic heterocycles. The summed E-state index contributed by atoms with van der Waals surface area (Å²) < 4.78 is 0. The third-order valence-corrected chi connectivity index (χ3v) is 11.9. The molecule has 0 N–H and O–H groups in total. The van der Waals surface area contributed by atoms with Crippen LogP contribution in [-0.2, 0) is 12.8 Å².